The third-order valence-corrected chi connectivity index (χ3v) is 10.8. The monoisotopic (exact) mass is 830 g/mol. The molecule has 57 heavy (non-hydrogen) atoms. The standard InChI is InChI=1S/C43H76NO12P/c1-3-5-7-9-11-13-15-16-17-18-19-20-21-22-24-26-28-30-34(45)32-37(47)44-35(36(46)31-29-27-25-23-14-12-10-8-6-4-2)33-55-57(53,54)56-43-41(51)39(49)38(48)40(50)42(43)52/h6,8,11,13-16,23,29,31,34-36,38-43,45-46,48-52H,3-5,7,9-10,12,17-22,24-28,30,32-33H2,1-2H3,(H,44,47)(H,53,54)/b8-6+,13-11-,16-15-,23-14+,31-29+. The maximum Gasteiger partial charge on any atom is 0.472 e. The normalized spacial score (nSPS) is 24.6. The molecule has 0 aromatic carbocycles. The molecular weight excluding hydrogens is 753 g/mol. The highest BCUT2D eigenvalue weighted by Crippen LogP contribution is 2.47. The van der Waals surface area contributed by atoms with Crippen LogP contribution in [-0.4, -0.2) is 108 Å². The minimum absolute atomic E-state index is 0.264. The molecule has 1 rings (SSSR count). The van der Waals surface area contributed by atoms with Crippen LogP contribution in [0.1, 0.15) is 142 Å². The Hall–Kier alpha value is -2.00. The van der Waals surface area contributed by atoms with Gasteiger partial charge in [0.25, 0.3) is 0 Å². The van der Waals surface area contributed by atoms with Crippen molar-refractivity contribution in [2.24, 2.45) is 0 Å². The van der Waals surface area contributed by atoms with E-state index in [9.17, 15) is 50.0 Å². The summed E-state index contributed by atoms with van der Waals surface area (Å²) in [5, 5.41) is 74.1. The van der Waals surface area contributed by atoms with E-state index in [1.54, 1.807) is 6.08 Å². The van der Waals surface area contributed by atoms with Crippen molar-refractivity contribution >= 4 is 13.7 Å². The van der Waals surface area contributed by atoms with Gasteiger partial charge in [-0.1, -0.05) is 132 Å². The molecule has 1 fully saturated rings. The molecule has 13 nitrogen and oxygen atoms in total. The van der Waals surface area contributed by atoms with Gasteiger partial charge in [0, 0.05) is 0 Å². The molecule has 0 heterocycles. The number of unbranched alkanes of at least 4 members (excludes halogenated alkanes) is 13. The number of carbonyl (C=O) groups is 1. The molecule has 8 atom stereocenters. The quantitative estimate of drug-likeness (QED) is 0.0158. The van der Waals surface area contributed by atoms with Gasteiger partial charge in [-0.2, -0.15) is 0 Å². The minimum Gasteiger partial charge on any atom is -0.393 e. The summed E-state index contributed by atoms with van der Waals surface area (Å²) >= 11 is 0. The van der Waals surface area contributed by atoms with E-state index in [-0.39, 0.29) is 6.42 Å². The van der Waals surface area contributed by atoms with Crippen LogP contribution in [0.4, 0.5) is 0 Å². The van der Waals surface area contributed by atoms with Gasteiger partial charge >= 0.3 is 7.82 Å². The molecule has 330 valence electrons. The lowest BCUT2D eigenvalue weighted by molar-refractivity contribution is -0.220. The number of aliphatic hydroxyl groups is 7. The van der Waals surface area contributed by atoms with Crippen LogP contribution >= 0.6 is 7.82 Å². The Kier molecular flexibility index (Phi) is 30.5. The molecule has 0 aromatic rings. The van der Waals surface area contributed by atoms with E-state index >= 15 is 0 Å². The number of aliphatic hydroxyl groups excluding tert-OH is 7. The number of hydrogen-bond donors (Lipinski definition) is 9. The zero-order valence-corrected chi connectivity index (χ0v) is 35.4. The Morgan fingerprint density at radius 3 is 1.70 bits per heavy atom. The molecule has 1 amide bonds. The van der Waals surface area contributed by atoms with Gasteiger partial charge in [0.05, 0.1) is 31.3 Å². The zero-order chi connectivity index (χ0) is 42.3. The van der Waals surface area contributed by atoms with Gasteiger partial charge in [-0.25, -0.2) is 4.57 Å². The lowest BCUT2D eigenvalue weighted by Crippen LogP contribution is -2.64. The second kappa shape index (κ2) is 32.8. The van der Waals surface area contributed by atoms with Crippen molar-refractivity contribution in [3.05, 3.63) is 60.8 Å². The number of carbonyl (C=O) groups excluding carboxylic acids is 1. The van der Waals surface area contributed by atoms with E-state index in [2.05, 4.69) is 61.7 Å². The topological polar surface area (TPSA) is 226 Å². The summed E-state index contributed by atoms with van der Waals surface area (Å²) in [4.78, 5) is 23.3. The first kappa shape index (κ1) is 53.0. The SMILES string of the molecule is CC/C=C/CC/C=C/CC/C=C/C(O)C(COP(=O)(O)OC1C(O)C(O)C(O)C(O)C1O)NC(=O)CC(O)CCCCCCCCCC/C=C\C=C/CCCCC. The van der Waals surface area contributed by atoms with Crippen molar-refractivity contribution < 1.29 is 59.0 Å². The van der Waals surface area contributed by atoms with Gasteiger partial charge < -0.3 is 46.0 Å². The van der Waals surface area contributed by atoms with Gasteiger partial charge in [0.15, 0.2) is 0 Å². The highest BCUT2D eigenvalue weighted by Gasteiger charge is 2.51. The predicted molar refractivity (Wildman–Crippen MR) is 224 cm³/mol. The lowest BCUT2D eigenvalue weighted by Gasteiger charge is -2.41. The molecule has 0 spiro atoms. The van der Waals surface area contributed by atoms with Crippen molar-refractivity contribution in [3.63, 3.8) is 0 Å². The van der Waals surface area contributed by atoms with Gasteiger partial charge in [0.2, 0.25) is 5.91 Å². The molecule has 0 radical (unpaired) electrons. The van der Waals surface area contributed by atoms with Crippen LogP contribution < -0.4 is 5.32 Å². The summed E-state index contributed by atoms with van der Waals surface area (Å²) in [7, 11) is -5.15. The van der Waals surface area contributed by atoms with E-state index in [1.807, 2.05) is 6.08 Å². The summed E-state index contributed by atoms with van der Waals surface area (Å²) in [5.41, 5.74) is 0. The van der Waals surface area contributed by atoms with E-state index < -0.39 is 75.2 Å². The van der Waals surface area contributed by atoms with Crippen LogP contribution in [0.25, 0.3) is 0 Å². The van der Waals surface area contributed by atoms with Crippen molar-refractivity contribution in [1.29, 1.82) is 0 Å². The van der Waals surface area contributed by atoms with E-state index in [0.29, 0.717) is 19.3 Å². The largest absolute Gasteiger partial charge is 0.472 e. The number of rotatable bonds is 33. The van der Waals surface area contributed by atoms with Crippen LogP contribution in [0.2, 0.25) is 0 Å². The summed E-state index contributed by atoms with van der Waals surface area (Å²) in [6, 6.07) is -1.27. The number of amides is 1. The molecule has 8 unspecified atom stereocenters. The smallest absolute Gasteiger partial charge is 0.393 e. The molecule has 0 aromatic heterocycles. The highest BCUT2D eigenvalue weighted by molar-refractivity contribution is 7.47. The maximum atomic E-state index is 12.9. The Balaban J connectivity index is 2.57. The predicted octanol–water partition coefficient (Wildman–Crippen LogP) is 6.14. The fraction of sp³-hybridized carbons (Fsp3) is 0.744. The molecule has 14 heteroatoms. The molecule has 1 aliphatic rings. The van der Waals surface area contributed by atoms with Crippen molar-refractivity contribution in [1.82, 2.24) is 5.32 Å². The second-order valence-electron chi connectivity index (χ2n) is 15.0. The zero-order valence-electron chi connectivity index (χ0n) is 34.5. The third kappa shape index (κ3) is 25.3. The number of hydrogen-bond acceptors (Lipinski definition) is 11. The fourth-order valence-corrected chi connectivity index (χ4v) is 7.29. The number of allylic oxidation sites excluding steroid dienone is 9. The first-order chi connectivity index (χ1) is 27.3. The second-order valence-corrected chi connectivity index (χ2v) is 16.4. The van der Waals surface area contributed by atoms with Gasteiger partial charge in [-0.3, -0.25) is 13.8 Å². The molecular formula is C43H76NO12P. The lowest BCUT2D eigenvalue weighted by atomic mass is 9.85. The Morgan fingerprint density at radius 2 is 1.14 bits per heavy atom. The Morgan fingerprint density at radius 1 is 0.649 bits per heavy atom. The first-order valence-electron chi connectivity index (χ1n) is 21.3. The van der Waals surface area contributed by atoms with Gasteiger partial charge in [-0.15, -0.1) is 0 Å². The summed E-state index contributed by atoms with van der Waals surface area (Å²) in [6.07, 6.45) is 24.8. The highest BCUT2D eigenvalue weighted by atomic mass is 31.2. The van der Waals surface area contributed by atoms with E-state index in [0.717, 1.165) is 57.8 Å². The molecule has 0 aliphatic heterocycles. The summed E-state index contributed by atoms with van der Waals surface area (Å²) in [5.74, 6) is -0.617. The summed E-state index contributed by atoms with van der Waals surface area (Å²) in [6.45, 7) is 3.53. The number of nitrogens with one attached hydrogen (secondary N) is 1. The van der Waals surface area contributed by atoms with Crippen molar-refractivity contribution in [2.45, 2.75) is 197 Å². The average Bonchev–Trinajstić information content (AvgIpc) is 3.18. The fourth-order valence-electron chi connectivity index (χ4n) is 6.33. The van der Waals surface area contributed by atoms with Crippen LogP contribution in [0.5, 0.6) is 0 Å². The van der Waals surface area contributed by atoms with Crippen LogP contribution in [0, 0.1) is 0 Å². The molecule has 9 N–H and O–H groups in total. The van der Waals surface area contributed by atoms with E-state index in [1.165, 1.54) is 51.0 Å². The van der Waals surface area contributed by atoms with Crippen molar-refractivity contribution in [3.8, 4) is 0 Å². The summed E-state index contributed by atoms with van der Waals surface area (Å²) < 4.78 is 22.7. The maximum absolute atomic E-state index is 12.9. The molecule has 1 aliphatic carbocycles. The Bertz CT molecular complexity index is 1210. The van der Waals surface area contributed by atoms with Crippen LogP contribution in [-0.2, 0) is 18.4 Å². The van der Waals surface area contributed by atoms with Crippen LogP contribution in [0.3, 0.4) is 0 Å². The van der Waals surface area contributed by atoms with Gasteiger partial charge in [0.1, 0.15) is 36.6 Å². The van der Waals surface area contributed by atoms with Crippen molar-refractivity contribution in [2.75, 3.05) is 6.61 Å². The third-order valence-electron chi connectivity index (χ3n) is 9.84. The molecule has 1 saturated carbocycles. The van der Waals surface area contributed by atoms with E-state index in [4.69, 9.17) is 9.05 Å². The molecule has 0 bridgehead atoms. The minimum atomic E-state index is -5.15. The molecule has 0 saturated heterocycles. The van der Waals surface area contributed by atoms with Crippen LogP contribution in [0.15, 0.2) is 60.8 Å². The average molecular weight is 830 g/mol. The number of phosphoric ester groups is 1. The first-order valence-corrected chi connectivity index (χ1v) is 22.8. The number of phosphoric acid groups is 1. The van der Waals surface area contributed by atoms with Gasteiger partial charge in [-0.05, 0) is 64.2 Å². The Labute approximate surface area is 341 Å².